The molecular formula is C22H17FO6S. The molecule has 0 saturated heterocycles. The molecule has 0 saturated carbocycles. The summed E-state index contributed by atoms with van der Waals surface area (Å²) in [6, 6.07) is 16.8. The first-order chi connectivity index (χ1) is 14.3. The van der Waals surface area contributed by atoms with Gasteiger partial charge in [0.25, 0.3) is 0 Å². The second-order valence-electron chi connectivity index (χ2n) is 6.35. The highest BCUT2D eigenvalue weighted by molar-refractivity contribution is 7.87. The highest BCUT2D eigenvalue weighted by atomic mass is 32.2. The molecule has 0 atom stereocenters. The number of aryl methyl sites for hydroxylation is 1. The summed E-state index contributed by atoms with van der Waals surface area (Å²) in [7, 11) is -4.01. The summed E-state index contributed by atoms with van der Waals surface area (Å²) in [5, 5.41) is 0. The van der Waals surface area contributed by atoms with Gasteiger partial charge in [0.15, 0.2) is 12.4 Å². The van der Waals surface area contributed by atoms with Gasteiger partial charge in [0.2, 0.25) is 0 Å². The summed E-state index contributed by atoms with van der Waals surface area (Å²) >= 11 is 0. The van der Waals surface area contributed by atoms with Crippen LogP contribution in [0, 0.1) is 12.7 Å². The molecule has 30 heavy (non-hydrogen) atoms. The van der Waals surface area contributed by atoms with Crippen molar-refractivity contribution in [2.75, 3.05) is 6.61 Å². The minimum absolute atomic E-state index is 0.00769. The summed E-state index contributed by atoms with van der Waals surface area (Å²) in [5.74, 6) is -2.21. The summed E-state index contributed by atoms with van der Waals surface area (Å²) in [4.78, 5) is 24.1. The molecule has 0 spiro atoms. The fraction of sp³-hybridized carbons (Fsp3) is 0.0909. The number of esters is 1. The van der Waals surface area contributed by atoms with Gasteiger partial charge in [-0.05, 0) is 55.5 Å². The highest BCUT2D eigenvalue weighted by Gasteiger charge is 2.18. The van der Waals surface area contributed by atoms with E-state index in [1.54, 1.807) is 12.1 Å². The summed E-state index contributed by atoms with van der Waals surface area (Å²) in [6.45, 7) is 1.25. The molecule has 0 aliphatic rings. The minimum Gasteiger partial charge on any atom is -0.454 e. The van der Waals surface area contributed by atoms with Crippen LogP contribution in [0.2, 0.25) is 0 Å². The Kier molecular flexibility index (Phi) is 6.27. The van der Waals surface area contributed by atoms with E-state index in [0.717, 1.165) is 11.6 Å². The molecule has 3 aromatic rings. The zero-order valence-electron chi connectivity index (χ0n) is 15.9. The van der Waals surface area contributed by atoms with E-state index in [0.29, 0.717) is 0 Å². The molecule has 0 aromatic heterocycles. The first-order valence-electron chi connectivity index (χ1n) is 8.82. The monoisotopic (exact) mass is 428 g/mol. The van der Waals surface area contributed by atoms with E-state index < -0.39 is 34.3 Å². The molecule has 0 aliphatic carbocycles. The Labute approximate surface area is 173 Å². The molecule has 0 aliphatic heterocycles. The van der Waals surface area contributed by atoms with Gasteiger partial charge < -0.3 is 8.92 Å². The van der Waals surface area contributed by atoms with Crippen LogP contribution in [0.25, 0.3) is 0 Å². The second-order valence-corrected chi connectivity index (χ2v) is 7.90. The van der Waals surface area contributed by atoms with Gasteiger partial charge >= 0.3 is 16.1 Å². The van der Waals surface area contributed by atoms with Gasteiger partial charge in [-0.15, -0.1) is 0 Å². The summed E-state index contributed by atoms with van der Waals surface area (Å²) in [6.07, 6.45) is 0. The smallest absolute Gasteiger partial charge is 0.341 e. The van der Waals surface area contributed by atoms with E-state index >= 15 is 0 Å². The van der Waals surface area contributed by atoms with Gasteiger partial charge in [0, 0.05) is 5.56 Å². The first kappa shape index (κ1) is 21.2. The number of hydrogen-bond acceptors (Lipinski definition) is 6. The van der Waals surface area contributed by atoms with Crippen molar-refractivity contribution in [2.24, 2.45) is 0 Å². The number of Topliss-reactive ketones (excluding diaryl/α,β-unsaturated/α-hetero) is 1. The SMILES string of the molecule is Cc1ccc(S(=O)(=O)Oc2ccc(C(=O)COC(=O)c3ccccc3F)cc2)cc1. The number of carbonyl (C=O) groups excluding carboxylic acids is 2. The van der Waals surface area contributed by atoms with Gasteiger partial charge in [-0.25, -0.2) is 9.18 Å². The Morgan fingerprint density at radius 3 is 2.17 bits per heavy atom. The Hall–Kier alpha value is -3.52. The van der Waals surface area contributed by atoms with E-state index in [-0.39, 0.29) is 21.8 Å². The van der Waals surface area contributed by atoms with Crippen LogP contribution in [0.3, 0.4) is 0 Å². The normalized spacial score (nSPS) is 11.0. The van der Waals surface area contributed by atoms with Crippen molar-refractivity contribution in [3.63, 3.8) is 0 Å². The maximum absolute atomic E-state index is 13.6. The van der Waals surface area contributed by atoms with Gasteiger partial charge in [-0.3, -0.25) is 4.79 Å². The summed E-state index contributed by atoms with van der Waals surface area (Å²) < 4.78 is 48.1. The van der Waals surface area contributed by atoms with Crippen LogP contribution in [-0.2, 0) is 14.9 Å². The number of hydrogen-bond donors (Lipinski definition) is 0. The lowest BCUT2D eigenvalue weighted by molar-refractivity contribution is 0.0470. The number of benzene rings is 3. The number of ketones is 1. The maximum atomic E-state index is 13.6. The lowest BCUT2D eigenvalue weighted by Gasteiger charge is -2.08. The van der Waals surface area contributed by atoms with Crippen molar-refractivity contribution in [1.82, 2.24) is 0 Å². The lowest BCUT2D eigenvalue weighted by atomic mass is 10.1. The van der Waals surface area contributed by atoms with Crippen molar-refractivity contribution in [3.05, 3.63) is 95.3 Å². The van der Waals surface area contributed by atoms with Crippen LogP contribution < -0.4 is 4.18 Å². The lowest BCUT2D eigenvalue weighted by Crippen LogP contribution is -2.15. The van der Waals surface area contributed by atoms with Crippen LogP contribution in [0.4, 0.5) is 4.39 Å². The number of halogens is 1. The van der Waals surface area contributed by atoms with E-state index in [9.17, 15) is 22.4 Å². The van der Waals surface area contributed by atoms with Gasteiger partial charge in [-0.1, -0.05) is 29.8 Å². The Bertz CT molecular complexity index is 1170. The first-order valence-corrected chi connectivity index (χ1v) is 10.2. The summed E-state index contributed by atoms with van der Waals surface area (Å²) in [5.41, 5.74) is 0.819. The predicted octanol–water partition coefficient (Wildman–Crippen LogP) is 3.94. The molecule has 154 valence electrons. The van der Waals surface area contributed by atoms with E-state index in [1.807, 2.05) is 6.92 Å². The van der Waals surface area contributed by atoms with Gasteiger partial charge in [0.05, 0.1) is 5.56 Å². The van der Waals surface area contributed by atoms with Gasteiger partial charge in [-0.2, -0.15) is 8.42 Å². The van der Waals surface area contributed by atoms with Crippen molar-refractivity contribution in [3.8, 4) is 5.75 Å². The molecule has 0 unspecified atom stereocenters. The Morgan fingerprint density at radius 1 is 0.900 bits per heavy atom. The van der Waals surface area contributed by atoms with Crippen LogP contribution in [0.1, 0.15) is 26.3 Å². The standard InChI is InChI=1S/C22H17FO6S/c1-15-6-12-18(13-7-15)30(26,27)29-17-10-8-16(9-11-17)21(24)14-28-22(25)19-4-2-3-5-20(19)23/h2-13H,14H2,1H3. The predicted molar refractivity (Wildman–Crippen MR) is 106 cm³/mol. The average Bonchev–Trinajstić information content (AvgIpc) is 2.72. The molecule has 6 nitrogen and oxygen atoms in total. The largest absolute Gasteiger partial charge is 0.454 e. The molecule has 0 bridgehead atoms. The van der Waals surface area contributed by atoms with Crippen molar-refractivity contribution in [2.45, 2.75) is 11.8 Å². The van der Waals surface area contributed by atoms with Crippen molar-refractivity contribution < 1.29 is 31.3 Å². The van der Waals surface area contributed by atoms with Crippen LogP contribution in [0.5, 0.6) is 5.75 Å². The molecule has 3 aromatic carbocycles. The van der Waals surface area contributed by atoms with E-state index in [1.165, 1.54) is 54.6 Å². The molecule has 0 amide bonds. The van der Waals surface area contributed by atoms with Crippen molar-refractivity contribution in [1.29, 1.82) is 0 Å². The molecule has 0 N–H and O–H groups in total. The Balaban J connectivity index is 1.62. The minimum atomic E-state index is -4.01. The molecule has 0 heterocycles. The third-order valence-corrected chi connectivity index (χ3v) is 5.38. The quantitative estimate of drug-likeness (QED) is 0.322. The van der Waals surface area contributed by atoms with E-state index in [4.69, 9.17) is 8.92 Å². The zero-order chi connectivity index (χ0) is 21.7. The topological polar surface area (TPSA) is 86.7 Å². The zero-order valence-corrected chi connectivity index (χ0v) is 16.7. The molecule has 0 radical (unpaired) electrons. The fourth-order valence-electron chi connectivity index (χ4n) is 2.50. The number of ether oxygens (including phenoxy) is 1. The third kappa shape index (κ3) is 5.09. The fourth-order valence-corrected chi connectivity index (χ4v) is 3.43. The molecule has 8 heteroatoms. The van der Waals surface area contributed by atoms with Crippen LogP contribution in [0.15, 0.2) is 77.7 Å². The number of rotatable bonds is 7. The maximum Gasteiger partial charge on any atom is 0.341 e. The third-order valence-electron chi connectivity index (χ3n) is 4.12. The van der Waals surface area contributed by atoms with E-state index in [2.05, 4.69) is 0 Å². The number of carbonyl (C=O) groups is 2. The van der Waals surface area contributed by atoms with Crippen LogP contribution >= 0.6 is 0 Å². The highest BCUT2D eigenvalue weighted by Crippen LogP contribution is 2.20. The molecular weight excluding hydrogens is 411 g/mol. The second kappa shape index (κ2) is 8.87. The Morgan fingerprint density at radius 2 is 1.53 bits per heavy atom. The van der Waals surface area contributed by atoms with Gasteiger partial charge in [0.1, 0.15) is 16.5 Å². The average molecular weight is 428 g/mol. The molecule has 0 fully saturated rings. The van der Waals surface area contributed by atoms with Crippen LogP contribution in [-0.4, -0.2) is 26.8 Å². The molecule has 3 rings (SSSR count). The van der Waals surface area contributed by atoms with Crippen molar-refractivity contribution >= 4 is 21.9 Å².